The lowest BCUT2D eigenvalue weighted by molar-refractivity contribution is 0.251. The highest BCUT2D eigenvalue weighted by Gasteiger charge is 2.01. The van der Waals surface area contributed by atoms with Gasteiger partial charge >= 0.3 is 12.1 Å². The number of carbonyl (C=O) groups is 2. The molecule has 0 atom stereocenters. The number of urea groups is 2. The smallest absolute Gasteiger partial charge is 0.319 e. The Morgan fingerprint density at radius 2 is 1.00 bits per heavy atom. The predicted octanol–water partition coefficient (Wildman–Crippen LogP) is 3.80. The maximum atomic E-state index is 11.7. The first-order valence-corrected chi connectivity index (χ1v) is 8.44. The Bertz CT molecular complexity index is 589. The summed E-state index contributed by atoms with van der Waals surface area (Å²) in [5.74, 6) is 0. The van der Waals surface area contributed by atoms with Crippen LogP contribution in [-0.4, -0.2) is 25.2 Å². The molecule has 0 aromatic heterocycles. The largest absolute Gasteiger partial charge is 0.338 e. The average molecular weight is 340 g/mol. The third-order valence-corrected chi connectivity index (χ3v) is 3.49. The molecule has 0 spiro atoms. The maximum absolute atomic E-state index is 11.7. The van der Waals surface area contributed by atoms with Gasteiger partial charge in [0.2, 0.25) is 0 Å². The van der Waals surface area contributed by atoms with Crippen LogP contribution in [0.3, 0.4) is 0 Å². The highest BCUT2D eigenvalue weighted by Crippen LogP contribution is 2.05. The van der Waals surface area contributed by atoms with Gasteiger partial charge in [0.25, 0.3) is 0 Å². The van der Waals surface area contributed by atoms with Gasteiger partial charge in [0.15, 0.2) is 0 Å². The van der Waals surface area contributed by atoms with Crippen molar-refractivity contribution in [2.45, 2.75) is 19.3 Å². The minimum absolute atomic E-state index is 0.202. The fraction of sp³-hybridized carbons (Fsp3) is 0.263. The van der Waals surface area contributed by atoms with Gasteiger partial charge in [0, 0.05) is 24.5 Å². The van der Waals surface area contributed by atoms with Crippen molar-refractivity contribution < 1.29 is 9.59 Å². The number of hydrogen-bond acceptors (Lipinski definition) is 2. The topological polar surface area (TPSA) is 82.3 Å². The van der Waals surface area contributed by atoms with Gasteiger partial charge in [-0.05, 0) is 43.5 Å². The molecule has 0 unspecified atom stereocenters. The van der Waals surface area contributed by atoms with E-state index < -0.39 is 0 Å². The van der Waals surface area contributed by atoms with E-state index >= 15 is 0 Å². The van der Waals surface area contributed by atoms with E-state index in [0.717, 1.165) is 30.6 Å². The maximum Gasteiger partial charge on any atom is 0.319 e. The second-order valence-electron chi connectivity index (χ2n) is 5.55. The van der Waals surface area contributed by atoms with E-state index in [1.165, 1.54) is 0 Å². The Kier molecular flexibility index (Phi) is 7.84. The zero-order valence-electron chi connectivity index (χ0n) is 14.1. The summed E-state index contributed by atoms with van der Waals surface area (Å²) in [7, 11) is 0. The van der Waals surface area contributed by atoms with Crippen LogP contribution >= 0.6 is 0 Å². The first kappa shape index (κ1) is 18.3. The van der Waals surface area contributed by atoms with Crippen LogP contribution in [0.25, 0.3) is 0 Å². The summed E-state index contributed by atoms with van der Waals surface area (Å²) in [6.45, 7) is 1.21. The third-order valence-electron chi connectivity index (χ3n) is 3.49. The average Bonchev–Trinajstić information content (AvgIpc) is 2.62. The number of carbonyl (C=O) groups excluding carboxylic acids is 2. The Labute approximate surface area is 148 Å². The number of anilines is 2. The van der Waals surface area contributed by atoms with Crippen molar-refractivity contribution in [1.29, 1.82) is 0 Å². The third kappa shape index (κ3) is 7.87. The molecule has 0 saturated heterocycles. The number of unbranched alkanes of at least 4 members (excludes halogenated alkanes) is 2. The molecule has 0 bridgehead atoms. The van der Waals surface area contributed by atoms with E-state index in [1.807, 2.05) is 60.7 Å². The molecule has 6 heteroatoms. The zero-order valence-corrected chi connectivity index (χ0v) is 14.1. The van der Waals surface area contributed by atoms with E-state index in [1.54, 1.807) is 0 Å². The van der Waals surface area contributed by atoms with Crippen molar-refractivity contribution in [2.24, 2.45) is 0 Å². The number of hydrogen-bond donors (Lipinski definition) is 4. The van der Waals surface area contributed by atoms with Crippen LogP contribution < -0.4 is 21.3 Å². The second-order valence-corrected chi connectivity index (χ2v) is 5.55. The zero-order chi connectivity index (χ0) is 17.7. The molecular formula is C19H24N4O2. The van der Waals surface area contributed by atoms with E-state index in [-0.39, 0.29) is 12.1 Å². The number of rotatable bonds is 8. The highest BCUT2D eigenvalue weighted by molar-refractivity contribution is 5.89. The summed E-state index contributed by atoms with van der Waals surface area (Å²) < 4.78 is 0. The lowest BCUT2D eigenvalue weighted by atomic mass is 10.2. The van der Waals surface area contributed by atoms with Crippen LogP contribution in [0.5, 0.6) is 0 Å². The molecule has 0 radical (unpaired) electrons. The lowest BCUT2D eigenvalue weighted by Crippen LogP contribution is -2.30. The van der Waals surface area contributed by atoms with Gasteiger partial charge in [-0.3, -0.25) is 0 Å². The number of nitrogens with one attached hydrogen (secondary N) is 4. The van der Waals surface area contributed by atoms with Gasteiger partial charge in [0.1, 0.15) is 0 Å². The summed E-state index contributed by atoms with van der Waals surface area (Å²) in [6, 6.07) is 18.2. The van der Waals surface area contributed by atoms with E-state index in [0.29, 0.717) is 13.1 Å². The number of amides is 4. The lowest BCUT2D eigenvalue weighted by Gasteiger charge is -2.08. The molecule has 2 aromatic carbocycles. The minimum atomic E-state index is -0.202. The fourth-order valence-electron chi connectivity index (χ4n) is 2.22. The van der Waals surface area contributed by atoms with Gasteiger partial charge in [-0.25, -0.2) is 9.59 Å². The van der Waals surface area contributed by atoms with Crippen LogP contribution in [0.2, 0.25) is 0 Å². The van der Waals surface area contributed by atoms with E-state index in [9.17, 15) is 9.59 Å². The molecule has 4 amide bonds. The summed E-state index contributed by atoms with van der Waals surface area (Å²) in [6.07, 6.45) is 2.66. The standard InChI is InChI=1S/C19H24N4O2/c24-18(22-16-10-4-1-5-11-16)20-14-8-3-9-15-21-19(25)23-17-12-6-2-7-13-17/h1-2,4-7,10-13H,3,8-9,14-15H2,(H2,20,22,24)(H2,21,23,25). The van der Waals surface area contributed by atoms with Gasteiger partial charge in [-0.1, -0.05) is 36.4 Å². The molecule has 6 nitrogen and oxygen atoms in total. The molecular weight excluding hydrogens is 316 g/mol. The van der Waals surface area contributed by atoms with Gasteiger partial charge < -0.3 is 21.3 Å². The normalized spacial score (nSPS) is 9.92. The molecule has 0 saturated carbocycles. The van der Waals surface area contributed by atoms with Crippen molar-refractivity contribution in [2.75, 3.05) is 23.7 Å². The molecule has 25 heavy (non-hydrogen) atoms. The molecule has 0 aliphatic rings. The Hall–Kier alpha value is -3.02. The predicted molar refractivity (Wildman–Crippen MR) is 101 cm³/mol. The molecule has 2 aromatic rings. The monoisotopic (exact) mass is 340 g/mol. The van der Waals surface area contributed by atoms with Crippen LogP contribution in [0.1, 0.15) is 19.3 Å². The first-order chi connectivity index (χ1) is 12.2. The number of para-hydroxylation sites is 2. The molecule has 2 rings (SSSR count). The van der Waals surface area contributed by atoms with Crippen LogP contribution in [0.4, 0.5) is 21.0 Å². The fourth-order valence-corrected chi connectivity index (χ4v) is 2.22. The highest BCUT2D eigenvalue weighted by atomic mass is 16.2. The van der Waals surface area contributed by atoms with E-state index in [4.69, 9.17) is 0 Å². The summed E-state index contributed by atoms with van der Waals surface area (Å²) >= 11 is 0. The van der Waals surface area contributed by atoms with Crippen molar-refractivity contribution in [3.05, 3.63) is 60.7 Å². The van der Waals surface area contributed by atoms with Gasteiger partial charge in [-0.15, -0.1) is 0 Å². The van der Waals surface area contributed by atoms with Crippen molar-refractivity contribution in [3.8, 4) is 0 Å². The minimum Gasteiger partial charge on any atom is -0.338 e. The molecule has 132 valence electrons. The summed E-state index contributed by atoms with van der Waals surface area (Å²) in [4.78, 5) is 23.4. The first-order valence-electron chi connectivity index (χ1n) is 8.44. The SMILES string of the molecule is O=C(NCCCCCNC(=O)Nc1ccccc1)Nc1ccccc1. The van der Waals surface area contributed by atoms with Gasteiger partial charge in [-0.2, -0.15) is 0 Å². The van der Waals surface area contributed by atoms with Crippen molar-refractivity contribution >= 4 is 23.4 Å². The Morgan fingerprint density at radius 1 is 0.600 bits per heavy atom. The molecule has 0 heterocycles. The summed E-state index contributed by atoms with van der Waals surface area (Å²) in [5.41, 5.74) is 1.54. The summed E-state index contributed by atoms with van der Waals surface area (Å²) in [5, 5.41) is 11.2. The van der Waals surface area contributed by atoms with Crippen molar-refractivity contribution in [1.82, 2.24) is 10.6 Å². The second kappa shape index (κ2) is 10.7. The quantitative estimate of drug-likeness (QED) is 0.551. The van der Waals surface area contributed by atoms with E-state index in [2.05, 4.69) is 21.3 Å². The van der Waals surface area contributed by atoms with Crippen LogP contribution in [0, 0.1) is 0 Å². The van der Waals surface area contributed by atoms with Crippen LogP contribution in [0.15, 0.2) is 60.7 Å². The molecule has 0 fully saturated rings. The van der Waals surface area contributed by atoms with Crippen molar-refractivity contribution in [3.63, 3.8) is 0 Å². The Morgan fingerprint density at radius 3 is 1.40 bits per heavy atom. The molecule has 0 aliphatic heterocycles. The Balaban J connectivity index is 1.46. The van der Waals surface area contributed by atoms with Crippen LogP contribution in [-0.2, 0) is 0 Å². The molecule has 4 N–H and O–H groups in total. The molecule has 0 aliphatic carbocycles. The number of benzene rings is 2. The van der Waals surface area contributed by atoms with Gasteiger partial charge in [0.05, 0.1) is 0 Å².